The zero-order chi connectivity index (χ0) is 18.5. The van der Waals surface area contributed by atoms with Crippen LogP contribution in [0.15, 0.2) is 61.2 Å². The number of fused-ring (bicyclic) bond motifs is 1. The summed E-state index contributed by atoms with van der Waals surface area (Å²) in [6, 6.07) is 15.0. The van der Waals surface area contributed by atoms with E-state index in [9.17, 15) is 9.59 Å². The Morgan fingerprint density at radius 1 is 1.23 bits per heavy atom. The van der Waals surface area contributed by atoms with E-state index in [-0.39, 0.29) is 5.91 Å². The van der Waals surface area contributed by atoms with Gasteiger partial charge in [0.15, 0.2) is 6.29 Å². The number of anilines is 1. The molecule has 5 heteroatoms. The molecule has 2 aromatic carbocycles. The zero-order valence-electron chi connectivity index (χ0n) is 14.4. The van der Waals surface area contributed by atoms with Gasteiger partial charge in [0.05, 0.1) is 18.0 Å². The van der Waals surface area contributed by atoms with E-state index in [1.54, 1.807) is 19.2 Å². The number of benzene rings is 2. The normalized spacial score (nSPS) is 10.5. The van der Waals surface area contributed by atoms with Gasteiger partial charge in [0.2, 0.25) is 5.91 Å². The maximum absolute atomic E-state index is 11.9. The van der Waals surface area contributed by atoms with Gasteiger partial charge in [0.25, 0.3) is 0 Å². The topological polar surface area (TPSA) is 68.3 Å². The Kier molecular flexibility index (Phi) is 5.20. The molecule has 1 aromatic heterocycles. The van der Waals surface area contributed by atoms with Gasteiger partial charge in [-0.15, -0.1) is 0 Å². The highest BCUT2D eigenvalue weighted by Crippen LogP contribution is 2.32. The molecule has 0 aliphatic carbocycles. The summed E-state index contributed by atoms with van der Waals surface area (Å²) in [7, 11) is 1.61. The Balaban J connectivity index is 2.19. The van der Waals surface area contributed by atoms with Gasteiger partial charge in [-0.25, -0.2) is 4.98 Å². The second kappa shape index (κ2) is 7.72. The third kappa shape index (κ3) is 3.53. The lowest BCUT2D eigenvalue weighted by atomic mass is 10.00. The molecule has 0 aliphatic heterocycles. The summed E-state index contributed by atoms with van der Waals surface area (Å²) in [6.45, 7) is 3.88. The molecule has 0 aliphatic rings. The second-order valence-corrected chi connectivity index (χ2v) is 5.73. The SMILES string of the molecule is C=CC(=O)Nc1c(COC)ccc2ccc(-c3cccc(C=O)n3)cc12. The molecule has 0 fully saturated rings. The lowest BCUT2D eigenvalue weighted by Crippen LogP contribution is -2.10. The van der Waals surface area contributed by atoms with E-state index in [0.29, 0.717) is 23.7 Å². The molecule has 5 nitrogen and oxygen atoms in total. The van der Waals surface area contributed by atoms with Gasteiger partial charge in [-0.05, 0) is 29.7 Å². The van der Waals surface area contributed by atoms with Crippen LogP contribution in [0.5, 0.6) is 0 Å². The van der Waals surface area contributed by atoms with Crippen molar-refractivity contribution in [1.82, 2.24) is 4.98 Å². The lowest BCUT2D eigenvalue weighted by Gasteiger charge is -2.14. The van der Waals surface area contributed by atoms with Crippen LogP contribution in [-0.4, -0.2) is 24.3 Å². The number of aromatic nitrogens is 1. The van der Waals surface area contributed by atoms with Gasteiger partial charge in [-0.2, -0.15) is 0 Å². The highest BCUT2D eigenvalue weighted by molar-refractivity contribution is 6.07. The molecule has 0 saturated carbocycles. The maximum atomic E-state index is 11.9. The van der Waals surface area contributed by atoms with E-state index in [4.69, 9.17) is 4.74 Å². The fraction of sp³-hybridized carbons (Fsp3) is 0.0952. The predicted molar refractivity (Wildman–Crippen MR) is 102 cm³/mol. The number of aldehydes is 1. The van der Waals surface area contributed by atoms with Crippen LogP contribution in [0, 0.1) is 0 Å². The van der Waals surface area contributed by atoms with Crippen molar-refractivity contribution in [3.8, 4) is 11.3 Å². The first-order valence-corrected chi connectivity index (χ1v) is 8.07. The molecular formula is C21H18N2O3. The number of hydrogen-bond acceptors (Lipinski definition) is 4. The summed E-state index contributed by atoms with van der Waals surface area (Å²) in [5.41, 5.74) is 3.46. The standard InChI is InChI=1S/C21H18N2O3/c1-3-20(25)23-21-16(13-26-2)10-8-14-7-9-15(11-18(14)21)19-6-4-5-17(12-24)22-19/h3-12H,1,13H2,2H3,(H,23,25). The minimum Gasteiger partial charge on any atom is -0.380 e. The van der Waals surface area contributed by atoms with Gasteiger partial charge in [0, 0.05) is 23.6 Å². The van der Waals surface area contributed by atoms with E-state index in [0.717, 1.165) is 28.2 Å². The van der Waals surface area contributed by atoms with Crippen LogP contribution in [0.2, 0.25) is 0 Å². The van der Waals surface area contributed by atoms with Gasteiger partial charge >= 0.3 is 0 Å². The van der Waals surface area contributed by atoms with Crippen molar-refractivity contribution in [1.29, 1.82) is 0 Å². The molecule has 0 unspecified atom stereocenters. The van der Waals surface area contributed by atoms with Crippen molar-refractivity contribution in [3.05, 3.63) is 72.4 Å². The smallest absolute Gasteiger partial charge is 0.247 e. The van der Waals surface area contributed by atoms with Gasteiger partial charge < -0.3 is 10.1 Å². The molecular weight excluding hydrogens is 328 g/mol. The van der Waals surface area contributed by atoms with E-state index >= 15 is 0 Å². The minimum atomic E-state index is -0.290. The largest absolute Gasteiger partial charge is 0.380 e. The zero-order valence-corrected chi connectivity index (χ0v) is 14.4. The lowest BCUT2D eigenvalue weighted by molar-refractivity contribution is -0.111. The number of ether oxygens (including phenoxy) is 1. The number of nitrogens with one attached hydrogen (secondary N) is 1. The highest BCUT2D eigenvalue weighted by Gasteiger charge is 2.11. The first-order chi connectivity index (χ1) is 12.7. The number of nitrogens with zero attached hydrogens (tertiary/aromatic N) is 1. The van der Waals surface area contributed by atoms with E-state index in [1.165, 1.54) is 6.08 Å². The predicted octanol–water partition coefficient (Wildman–Crippen LogP) is 3.99. The van der Waals surface area contributed by atoms with Crippen LogP contribution in [0.4, 0.5) is 5.69 Å². The number of carbonyl (C=O) groups is 2. The quantitative estimate of drug-likeness (QED) is 0.541. The maximum Gasteiger partial charge on any atom is 0.247 e. The molecule has 26 heavy (non-hydrogen) atoms. The Labute approximate surface area is 151 Å². The summed E-state index contributed by atoms with van der Waals surface area (Å²) in [5.74, 6) is -0.290. The van der Waals surface area contributed by atoms with E-state index in [1.807, 2.05) is 36.4 Å². The first-order valence-electron chi connectivity index (χ1n) is 8.07. The molecule has 3 rings (SSSR count). The summed E-state index contributed by atoms with van der Waals surface area (Å²) >= 11 is 0. The number of hydrogen-bond donors (Lipinski definition) is 1. The molecule has 1 N–H and O–H groups in total. The van der Waals surface area contributed by atoms with Crippen LogP contribution >= 0.6 is 0 Å². The van der Waals surface area contributed by atoms with Crippen molar-refractivity contribution in [2.24, 2.45) is 0 Å². The molecule has 3 aromatic rings. The number of rotatable bonds is 6. The van der Waals surface area contributed by atoms with Crippen molar-refractivity contribution < 1.29 is 14.3 Å². The number of amides is 1. The molecule has 1 heterocycles. The molecule has 130 valence electrons. The molecule has 0 bridgehead atoms. The monoisotopic (exact) mass is 346 g/mol. The fourth-order valence-corrected chi connectivity index (χ4v) is 2.80. The summed E-state index contributed by atoms with van der Waals surface area (Å²) in [4.78, 5) is 27.2. The van der Waals surface area contributed by atoms with Gasteiger partial charge in [-0.3, -0.25) is 9.59 Å². The third-order valence-corrected chi connectivity index (χ3v) is 4.03. The van der Waals surface area contributed by atoms with Gasteiger partial charge in [0.1, 0.15) is 5.69 Å². The fourth-order valence-electron chi connectivity index (χ4n) is 2.80. The number of pyridine rings is 1. The van der Waals surface area contributed by atoms with Crippen molar-refractivity contribution in [2.75, 3.05) is 12.4 Å². The molecule has 0 spiro atoms. The van der Waals surface area contributed by atoms with Crippen molar-refractivity contribution >= 4 is 28.7 Å². The summed E-state index contributed by atoms with van der Waals surface area (Å²) in [6.07, 6.45) is 1.95. The minimum absolute atomic E-state index is 0.290. The van der Waals surface area contributed by atoms with Crippen LogP contribution < -0.4 is 5.32 Å². The van der Waals surface area contributed by atoms with Crippen LogP contribution in [0.3, 0.4) is 0 Å². The highest BCUT2D eigenvalue weighted by atomic mass is 16.5. The van der Waals surface area contributed by atoms with E-state index < -0.39 is 0 Å². The Bertz CT molecular complexity index is 996. The van der Waals surface area contributed by atoms with Crippen molar-refractivity contribution in [3.63, 3.8) is 0 Å². The molecule has 0 radical (unpaired) electrons. The van der Waals surface area contributed by atoms with Gasteiger partial charge in [-0.1, -0.05) is 36.9 Å². The summed E-state index contributed by atoms with van der Waals surface area (Å²) in [5, 5.41) is 4.71. The Morgan fingerprint density at radius 2 is 2.04 bits per heavy atom. The Morgan fingerprint density at radius 3 is 2.77 bits per heavy atom. The first kappa shape index (κ1) is 17.5. The number of carbonyl (C=O) groups excluding carboxylic acids is 2. The molecule has 0 saturated heterocycles. The number of methoxy groups -OCH3 is 1. The second-order valence-electron chi connectivity index (χ2n) is 5.73. The van der Waals surface area contributed by atoms with E-state index in [2.05, 4.69) is 16.9 Å². The van der Waals surface area contributed by atoms with Crippen LogP contribution in [-0.2, 0) is 16.1 Å². The third-order valence-electron chi connectivity index (χ3n) is 4.03. The van der Waals surface area contributed by atoms with Crippen LogP contribution in [0.25, 0.3) is 22.0 Å². The summed E-state index contributed by atoms with van der Waals surface area (Å²) < 4.78 is 5.25. The Hall–Kier alpha value is -3.31. The molecule has 0 atom stereocenters. The average Bonchev–Trinajstić information content (AvgIpc) is 2.69. The molecule has 1 amide bonds. The average molecular weight is 346 g/mol. The van der Waals surface area contributed by atoms with Crippen molar-refractivity contribution in [2.45, 2.75) is 6.61 Å². The van der Waals surface area contributed by atoms with Crippen LogP contribution in [0.1, 0.15) is 16.1 Å².